The van der Waals surface area contributed by atoms with E-state index < -0.39 is 0 Å². The zero-order valence-electron chi connectivity index (χ0n) is 10.6. The summed E-state index contributed by atoms with van der Waals surface area (Å²) in [6.45, 7) is 7.34. The first-order valence-electron chi connectivity index (χ1n) is 6.85. The number of fused-ring (bicyclic) bond motifs is 1. The van der Waals surface area contributed by atoms with Gasteiger partial charge in [-0.2, -0.15) is 0 Å². The highest BCUT2D eigenvalue weighted by Crippen LogP contribution is 2.52. The van der Waals surface area contributed by atoms with Crippen molar-refractivity contribution in [3.05, 3.63) is 12.2 Å². The predicted octanol–water partition coefficient (Wildman–Crippen LogP) is 4.66. The summed E-state index contributed by atoms with van der Waals surface area (Å²) in [5.74, 6) is 4.97. The summed E-state index contributed by atoms with van der Waals surface area (Å²) in [6, 6.07) is 0. The van der Waals surface area contributed by atoms with Crippen LogP contribution < -0.4 is 0 Å². The Morgan fingerprint density at radius 3 is 2.40 bits per heavy atom. The third-order valence-electron chi connectivity index (χ3n) is 4.56. The highest BCUT2D eigenvalue weighted by molar-refractivity contribution is 4.97. The maximum atomic E-state index is 2.48. The number of hydrogen-bond acceptors (Lipinski definition) is 0. The maximum Gasteiger partial charge on any atom is -0.0334 e. The fourth-order valence-electron chi connectivity index (χ4n) is 3.75. The summed E-state index contributed by atoms with van der Waals surface area (Å²) in [5.41, 5.74) is 0. The average Bonchev–Trinajstić information content (AvgIpc) is 2.90. The van der Waals surface area contributed by atoms with E-state index in [0.29, 0.717) is 0 Å². The Balaban J connectivity index is 2.03. The van der Waals surface area contributed by atoms with Gasteiger partial charge in [0.2, 0.25) is 0 Å². The van der Waals surface area contributed by atoms with Gasteiger partial charge in [0.1, 0.15) is 0 Å². The van der Waals surface area contributed by atoms with Crippen LogP contribution in [0.15, 0.2) is 12.2 Å². The first kappa shape index (κ1) is 11.2. The first-order valence-corrected chi connectivity index (χ1v) is 6.85. The maximum absolute atomic E-state index is 2.48. The predicted molar refractivity (Wildman–Crippen MR) is 66.7 cm³/mol. The van der Waals surface area contributed by atoms with Crippen LogP contribution in [-0.4, -0.2) is 0 Å². The molecule has 0 spiro atoms. The van der Waals surface area contributed by atoms with Crippen molar-refractivity contribution in [2.45, 2.75) is 52.9 Å². The van der Waals surface area contributed by atoms with Gasteiger partial charge in [-0.25, -0.2) is 0 Å². The fourth-order valence-corrected chi connectivity index (χ4v) is 3.75. The van der Waals surface area contributed by atoms with E-state index in [1.165, 1.54) is 32.1 Å². The van der Waals surface area contributed by atoms with E-state index in [1.807, 2.05) is 0 Å². The van der Waals surface area contributed by atoms with Crippen LogP contribution in [0.1, 0.15) is 52.9 Å². The summed E-state index contributed by atoms with van der Waals surface area (Å²) in [6.07, 6.45) is 11.9. The molecular formula is C15H26. The number of hydrogen-bond donors (Lipinski definition) is 0. The molecule has 0 aliphatic heterocycles. The normalized spacial score (nSPS) is 43.5. The first-order chi connectivity index (χ1) is 7.20. The summed E-state index contributed by atoms with van der Waals surface area (Å²) < 4.78 is 0. The monoisotopic (exact) mass is 206 g/mol. The minimum Gasteiger partial charge on any atom is -0.0885 e. The van der Waals surface area contributed by atoms with Crippen molar-refractivity contribution in [1.29, 1.82) is 0 Å². The van der Waals surface area contributed by atoms with Crippen molar-refractivity contribution >= 4 is 0 Å². The van der Waals surface area contributed by atoms with Crippen LogP contribution in [0.3, 0.4) is 0 Å². The minimum atomic E-state index is 0.887. The lowest BCUT2D eigenvalue weighted by Gasteiger charge is -2.28. The van der Waals surface area contributed by atoms with Gasteiger partial charge < -0.3 is 0 Å². The molecule has 1 fully saturated rings. The lowest BCUT2D eigenvalue weighted by atomic mass is 9.77. The van der Waals surface area contributed by atoms with Crippen molar-refractivity contribution < 1.29 is 0 Å². The summed E-state index contributed by atoms with van der Waals surface area (Å²) in [7, 11) is 0. The van der Waals surface area contributed by atoms with Crippen molar-refractivity contribution in [1.82, 2.24) is 0 Å². The summed E-state index contributed by atoms with van der Waals surface area (Å²) in [5, 5.41) is 0. The molecule has 86 valence electrons. The zero-order chi connectivity index (χ0) is 10.8. The largest absolute Gasteiger partial charge is 0.0885 e. The molecule has 0 N–H and O–H groups in total. The lowest BCUT2D eigenvalue weighted by molar-refractivity contribution is 0.214. The van der Waals surface area contributed by atoms with Crippen LogP contribution >= 0.6 is 0 Å². The Hall–Kier alpha value is -0.260. The molecule has 0 amide bonds. The molecule has 0 heteroatoms. The van der Waals surface area contributed by atoms with Crippen molar-refractivity contribution in [3.63, 3.8) is 0 Å². The van der Waals surface area contributed by atoms with E-state index in [2.05, 4.69) is 32.9 Å². The van der Waals surface area contributed by atoms with Gasteiger partial charge in [-0.3, -0.25) is 0 Å². The van der Waals surface area contributed by atoms with E-state index in [0.717, 1.165) is 29.6 Å². The van der Waals surface area contributed by atoms with Gasteiger partial charge in [0.05, 0.1) is 0 Å². The SMILES string of the molecule is CC(C)C1C(C)CC/C=C/CCC2CC21. The molecule has 4 atom stereocenters. The van der Waals surface area contributed by atoms with E-state index in [4.69, 9.17) is 0 Å². The topological polar surface area (TPSA) is 0 Å². The van der Waals surface area contributed by atoms with Crippen LogP contribution in [0.2, 0.25) is 0 Å². The van der Waals surface area contributed by atoms with Gasteiger partial charge >= 0.3 is 0 Å². The lowest BCUT2D eigenvalue weighted by Crippen LogP contribution is -2.21. The molecule has 0 aromatic heterocycles. The van der Waals surface area contributed by atoms with E-state index >= 15 is 0 Å². The molecular weight excluding hydrogens is 180 g/mol. The second-order valence-corrected chi connectivity index (χ2v) is 6.08. The van der Waals surface area contributed by atoms with E-state index in [9.17, 15) is 0 Å². The zero-order valence-corrected chi connectivity index (χ0v) is 10.6. The Bertz CT molecular complexity index is 226. The molecule has 0 heterocycles. The van der Waals surface area contributed by atoms with Gasteiger partial charge in [0.15, 0.2) is 0 Å². The standard InChI is InChI=1S/C15H26/c1-11(2)15-12(3)8-6-4-5-7-9-13-10-14(13)15/h4-5,11-15H,6-10H2,1-3H3/b5-4+. The molecule has 0 saturated heterocycles. The van der Waals surface area contributed by atoms with Crippen LogP contribution in [0.25, 0.3) is 0 Å². The van der Waals surface area contributed by atoms with Crippen LogP contribution in [0, 0.1) is 29.6 Å². The number of rotatable bonds is 1. The molecule has 2 aliphatic carbocycles. The van der Waals surface area contributed by atoms with Crippen LogP contribution in [-0.2, 0) is 0 Å². The second kappa shape index (κ2) is 4.72. The smallest absolute Gasteiger partial charge is 0.0334 e. The Kier molecular flexibility index (Phi) is 3.53. The molecule has 0 aromatic carbocycles. The van der Waals surface area contributed by atoms with Gasteiger partial charge in [0, 0.05) is 0 Å². The van der Waals surface area contributed by atoms with E-state index in [1.54, 1.807) is 0 Å². The quantitative estimate of drug-likeness (QED) is 0.547. The fraction of sp³-hybridized carbons (Fsp3) is 0.867. The van der Waals surface area contributed by atoms with Crippen LogP contribution in [0.5, 0.6) is 0 Å². The van der Waals surface area contributed by atoms with Gasteiger partial charge in [0.25, 0.3) is 0 Å². The molecule has 0 aromatic rings. The molecule has 0 nitrogen and oxygen atoms in total. The molecule has 15 heavy (non-hydrogen) atoms. The van der Waals surface area contributed by atoms with E-state index in [-0.39, 0.29) is 0 Å². The molecule has 2 rings (SSSR count). The Labute approximate surface area is 95.1 Å². The average molecular weight is 206 g/mol. The third kappa shape index (κ3) is 2.65. The molecule has 0 bridgehead atoms. The molecule has 4 unspecified atom stereocenters. The minimum absolute atomic E-state index is 0.887. The third-order valence-corrected chi connectivity index (χ3v) is 4.56. The van der Waals surface area contributed by atoms with Crippen molar-refractivity contribution in [3.8, 4) is 0 Å². The second-order valence-electron chi connectivity index (χ2n) is 6.08. The van der Waals surface area contributed by atoms with Crippen molar-refractivity contribution in [2.75, 3.05) is 0 Å². The summed E-state index contributed by atoms with van der Waals surface area (Å²) in [4.78, 5) is 0. The Morgan fingerprint density at radius 2 is 1.73 bits per heavy atom. The molecule has 1 saturated carbocycles. The van der Waals surface area contributed by atoms with Gasteiger partial charge in [-0.05, 0) is 61.7 Å². The highest BCUT2D eigenvalue weighted by atomic mass is 14.5. The highest BCUT2D eigenvalue weighted by Gasteiger charge is 2.44. The van der Waals surface area contributed by atoms with Gasteiger partial charge in [-0.1, -0.05) is 32.9 Å². The van der Waals surface area contributed by atoms with Crippen molar-refractivity contribution in [2.24, 2.45) is 29.6 Å². The summed E-state index contributed by atoms with van der Waals surface area (Å²) >= 11 is 0. The molecule has 0 radical (unpaired) electrons. The number of allylic oxidation sites excluding steroid dienone is 2. The van der Waals surface area contributed by atoms with Crippen LogP contribution in [0.4, 0.5) is 0 Å². The Morgan fingerprint density at radius 1 is 1.07 bits per heavy atom. The molecule has 2 aliphatic rings. The van der Waals surface area contributed by atoms with Gasteiger partial charge in [-0.15, -0.1) is 0 Å².